The van der Waals surface area contributed by atoms with E-state index in [4.69, 9.17) is 4.74 Å². The fourth-order valence-corrected chi connectivity index (χ4v) is 4.39. The highest BCUT2D eigenvalue weighted by Gasteiger charge is 2.26. The maximum atomic E-state index is 6.08. The lowest BCUT2D eigenvalue weighted by Gasteiger charge is -2.26. The van der Waals surface area contributed by atoms with E-state index >= 15 is 0 Å². The summed E-state index contributed by atoms with van der Waals surface area (Å²) in [5, 5.41) is 5.00. The molecule has 0 saturated carbocycles. The van der Waals surface area contributed by atoms with Gasteiger partial charge in [-0.2, -0.15) is 0 Å². The van der Waals surface area contributed by atoms with E-state index in [0.717, 1.165) is 18.7 Å². The van der Waals surface area contributed by atoms with E-state index < -0.39 is 0 Å². The minimum atomic E-state index is 0.208. The minimum absolute atomic E-state index is 0.208. The van der Waals surface area contributed by atoms with Gasteiger partial charge in [0.05, 0.1) is 6.04 Å². The topological polar surface area (TPSA) is 37.0 Å². The van der Waals surface area contributed by atoms with Crippen LogP contribution in [0.5, 0.6) is 5.75 Å². The number of fused-ring (bicyclic) bond motifs is 3. The van der Waals surface area contributed by atoms with Gasteiger partial charge in [0.2, 0.25) is 0 Å². The molecule has 2 N–H and O–H groups in total. The summed E-state index contributed by atoms with van der Waals surface area (Å²) in [4.78, 5) is 3.69. The van der Waals surface area contributed by atoms with Gasteiger partial charge in [-0.25, -0.2) is 0 Å². The smallest absolute Gasteiger partial charge is 0.120 e. The summed E-state index contributed by atoms with van der Waals surface area (Å²) < 4.78 is 6.08. The molecule has 0 amide bonds. The highest BCUT2D eigenvalue weighted by molar-refractivity contribution is 5.86. The third kappa shape index (κ3) is 3.32. The summed E-state index contributed by atoms with van der Waals surface area (Å²) in [6, 6.07) is 23.5. The number of rotatable bonds is 4. The molecular formula is C26H26N2O. The molecule has 1 aliphatic heterocycles. The van der Waals surface area contributed by atoms with E-state index in [1.165, 1.54) is 44.4 Å². The third-order valence-electron chi connectivity index (χ3n) is 6.13. The molecule has 0 saturated heterocycles. The van der Waals surface area contributed by atoms with E-state index in [-0.39, 0.29) is 6.04 Å². The molecule has 3 heteroatoms. The van der Waals surface area contributed by atoms with E-state index in [9.17, 15) is 0 Å². The van der Waals surface area contributed by atoms with E-state index in [2.05, 4.69) is 72.7 Å². The van der Waals surface area contributed by atoms with Crippen molar-refractivity contribution in [2.45, 2.75) is 32.9 Å². The van der Waals surface area contributed by atoms with Crippen LogP contribution in [0.2, 0.25) is 0 Å². The van der Waals surface area contributed by atoms with Crippen molar-refractivity contribution >= 4 is 10.9 Å². The molecule has 3 aromatic carbocycles. The number of benzene rings is 3. The Morgan fingerprint density at radius 3 is 2.69 bits per heavy atom. The lowest BCUT2D eigenvalue weighted by Crippen LogP contribution is -2.31. The number of H-pyrrole nitrogens is 1. The first kappa shape index (κ1) is 18.0. The Bertz CT molecular complexity index is 1160. The van der Waals surface area contributed by atoms with Gasteiger partial charge in [-0.05, 0) is 66.3 Å². The molecule has 29 heavy (non-hydrogen) atoms. The predicted molar refractivity (Wildman–Crippen MR) is 119 cm³/mol. The zero-order valence-electron chi connectivity index (χ0n) is 17.0. The van der Waals surface area contributed by atoms with Crippen LogP contribution in [0.15, 0.2) is 66.7 Å². The van der Waals surface area contributed by atoms with Crippen LogP contribution in [-0.4, -0.2) is 11.5 Å². The lowest BCUT2D eigenvalue weighted by molar-refractivity contribution is 0.306. The largest absolute Gasteiger partial charge is 0.489 e. The Kier molecular flexibility index (Phi) is 4.61. The predicted octanol–water partition coefficient (Wildman–Crippen LogP) is 5.60. The molecular weight excluding hydrogens is 356 g/mol. The first-order valence-electron chi connectivity index (χ1n) is 10.3. The summed E-state index contributed by atoms with van der Waals surface area (Å²) in [5.74, 6) is 0.921. The molecule has 1 unspecified atom stereocenters. The van der Waals surface area contributed by atoms with E-state index in [0.29, 0.717) is 6.61 Å². The standard InChI is InChI=1S/C26H26N2O/c1-17-7-6-10-21(18(17)2)25-26-22(13-14-27-25)23-15-20(11-12-24(23)28-26)29-16-19-8-4-3-5-9-19/h3-12,15,25,27-28H,13-14,16H2,1-2H3. The second-order valence-corrected chi connectivity index (χ2v) is 7.93. The van der Waals surface area contributed by atoms with Gasteiger partial charge in [0.15, 0.2) is 0 Å². The molecule has 2 heterocycles. The van der Waals surface area contributed by atoms with Crippen LogP contribution >= 0.6 is 0 Å². The van der Waals surface area contributed by atoms with Crippen molar-refractivity contribution in [1.82, 2.24) is 10.3 Å². The van der Waals surface area contributed by atoms with E-state index in [1.807, 2.05) is 18.2 Å². The van der Waals surface area contributed by atoms with Gasteiger partial charge >= 0.3 is 0 Å². The maximum Gasteiger partial charge on any atom is 0.120 e. The summed E-state index contributed by atoms with van der Waals surface area (Å²) in [6.07, 6.45) is 1.03. The fourth-order valence-electron chi connectivity index (χ4n) is 4.39. The maximum absolute atomic E-state index is 6.08. The van der Waals surface area contributed by atoms with Crippen molar-refractivity contribution in [2.24, 2.45) is 0 Å². The zero-order chi connectivity index (χ0) is 19.8. The second kappa shape index (κ2) is 7.41. The van der Waals surface area contributed by atoms with Crippen molar-refractivity contribution in [3.63, 3.8) is 0 Å². The average molecular weight is 383 g/mol. The summed E-state index contributed by atoms with van der Waals surface area (Å²) in [5.41, 5.74) is 9.13. The molecule has 0 spiro atoms. The van der Waals surface area contributed by atoms with E-state index in [1.54, 1.807) is 0 Å². The quantitative estimate of drug-likeness (QED) is 0.482. The molecule has 0 fully saturated rings. The molecule has 3 nitrogen and oxygen atoms in total. The van der Waals surface area contributed by atoms with Gasteiger partial charge in [-0.15, -0.1) is 0 Å². The number of aromatic amines is 1. The van der Waals surface area contributed by atoms with Crippen LogP contribution < -0.4 is 10.1 Å². The third-order valence-corrected chi connectivity index (χ3v) is 6.13. The zero-order valence-corrected chi connectivity index (χ0v) is 17.0. The molecule has 1 aromatic heterocycles. The molecule has 0 radical (unpaired) electrons. The number of hydrogen-bond donors (Lipinski definition) is 2. The number of ether oxygens (including phenoxy) is 1. The number of aryl methyl sites for hydroxylation is 1. The summed E-state index contributed by atoms with van der Waals surface area (Å²) in [7, 11) is 0. The van der Waals surface area contributed by atoms with Crippen LogP contribution in [0.1, 0.15) is 39.6 Å². The van der Waals surface area contributed by atoms with Crippen molar-refractivity contribution in [2.75, 3.05) is 6.54 Å². The van der Waals surface area contributed by atoms with Gasteiger partial charge < -0.3 is 15.0 Å². The van der Waals surface area contributed by atoms with Gasteiger partial charge in [-0.1, -0.05) is 48.5 Å². The molecule has 0 bridgehead atoms. The number of hydrogen-bond acceptors (Lipinski definition) is 2. The molecule has 0 aliphatic carbocycles. The Balaban J connectivity index is 1.50. The SMILES string of the molecule is Cc1cccc(C2NCCc3c2[nH]c2ccc(OCc4ccccc4)cc32)c1C. The second-order valence-electron chi connectivity index (χ2n) is 7.93. The molecule has 5 rings (SSSR count). The van der Waals surface area contributed by atoms with Crippen LogP contribution in [0.3, 0.4) is 0 Å². The van der Waals surface area contributed by atoms with Crippen LogP contribution in [0.25, 0.3) is 10.9 Å². The summed E-state index contributed by atoms with van der Waals surface area (Å²) >= 11 is 0. The average Bonchev–Trinajstić information content (AvgIpc) is 3.13. The Hall–Kier alpha value is -3.04. The van der Waals surface area contributed by atoms with Crippen LogP contribution in [0, 0.1) is 13.8 Å². The van der Waals surface area contributed by atoms with Gasteiger partial charge in [0, 0.05) is 23.1 Å². The fraction of sp³-hybridized carbons (Fsp3) is 0.231. The van der Waals surface area contributed by atoms with Crippen LogP contribution in [-0.2, 0) is 13.0 Å². The van der Waals surface area contributed by atoms with Crippen molar-refractivity contribution in [3.05, 3.63) is 100 Å². The minimum Gasteiger partial charge on any atom is -0.489 e. The van der Waals surface area contributed by atoms with Crippen molar-refractivity contribution in [3.8, 4) is 5.75 Å². The molecule has 146 valence electrons. The monoisotopic (exact) mass is 382 g/mol. The number of nitrogens with one attached hydrogen (secondary N) is 2. The first-order chi connectivity index (χ1) is 14.2. The lowest BCUT2D eigenvalue weighted by atomic mass is 9.90. The molecule has 1 atom stereocenters. The van der Waals surface area contributed by atoms with Gasteiger partial charge in [-0.3, -0.25) is 0 Å². The highest BCUT2D eigenvalue weighted by Crippen LogP contribution is 2.36. The van der Waals surface area contributed by atoms with Gasteiger partial charge in [0.1, 0.15) is 12.4 Å². The highest BCUT2D eigenvalue weighted by atomic mass is 16.5. The number of aromatic nitrogens is 1. The Morgan fingerprint density at radius 2 is 1.83 bits per heavy atom. The Labute approximate surface area is 171 Å². The summed E-state index contributed by atoms with van der Waals surface area (Å²) in [6.45, 7) is 5.97. The van der Waals surface area contributed by atoms with Crippen molar-refractivity contribution < 1.29 is 4.74 Å². The molecule has 1 aliphatic rings. The van der Waals surface area contributed by atoms with Crippen molar-refractivity contribution in [1.29, 1.82) is 0 Å². The van der Waals surface area contributed by atoms with Gasteiger partial charge in [0.25, 0.3) is 0 Å². The normalized spacial score (nSPS) is 16.0. The van der Waals surface area contributed by atoms with Crippen LogP contribution in [0.4, 0.5) is 0 Å². The Morgan fingerprint density at radius 1 is 0.966 bits per heavy atom. The first-order valence-corrected chi connectivity index (χ1v) is 10.3. The molecule has 4 aromatic rings.